The van der Waals surface area contributed by atoms with Gasteiger partial charge in [-0.05, 0) is 24.6 Å². The van der Waals surface area contributed by atoms with Gasteiger partial charge in [0.15, 0.2) is 5.69 Å². The summed E-state index contributed by atoms with van der Waals surface area (Å²) in [6.07, 6.45) is 0.725. The van der Waals surface area contributed by atoms with E-state index in [9.17, 15) is 9.59 Å². The van der Waals surface area contributed by atoms with Crippen LogP contribution in [0.5, 0.6) is 5.75 Å². The lowest BCUT2D eigenvalue weighted by molar-refractivity contribution is 0.102. The first-order chi connectivity index (χ1) is 15.6. The van der Waals surface area contributed by atoms with E-state index in [-0.39, 0.29) is 11.3 Å². The number of carbonyl (C=O) groups excluding carboxylic acids is 1. The van der Waals surface area contributed by atoms with Gasteiger partial charge >= 0.3 is 0 Å². The van der Waals surface area contributed by atoms with E-state index < -0.39 is 5.91 Å². The van der Waals surface area contributed by atoms with Gasteiger partial charge in [-0.25, -0.2) is 4.68 Å². The molecule has 3 aromatic carbocycles. The Morgan fingerprint density at radius 3 is 2.47 bits per heavy atom. The quantitative estimate of drug-likeness (QED) is 0.428. The van der Waals surface area contributed by atoms with Crippen LogP contribution in [0.4, 0.5) is 5.69 Å². The van der Waals surface area contributed by atoms with Gasteiger partial charge in [0.25, 0.3) is 11.5 Å². The third kappa shape index (κ3) is 3.19. The lowest BCUT2D eigenvalue weighted by Gasteiger charge is -2.13. The van der Waals surface area contributed by atoms with Gasteiger partial charge < -0.3 is 14.5 Å². The van der Waals surface area contributed by atoms with Crippen molar-refractivity contribution in [2.75, 3.05) is 12.4 Å². The molecule has 0 aliphatic heterocycles. The van der Waals surface area contributed by atoms with E-state index in [0.29, 0.717) is 34.3 Å². The summed E-state index contributed by atoms with van der Waals surface area (Å²) < 4.78 is 12.8. The molecule has 0 bridgehead atoms. The number of nitrogens with zero attached hydrogens (tertiary/aromatic N) is 2. The molecule has 1 amide bonds. The van der Waals surface area contributed by atoms with Gasteiger partial charge in [0.2, 0.25) is 0 Å². The number of amides is 1. The van der Waals surface area contributed by atoms with Crippen molar-refractivity contribution in [1.82, 2.24) is 9.78 Å². The number of hydrogen-bond acceptors (Lipinski definition) is 5. The molecule has 0 radical (unpaired) electrons. The predicted octanol–water partition coefficient (Wildman–Crippen LogP) is 4.97. The van der Waals surface area contributed by atoms with E-state index in [1.54, 1.807) is 37.4 Å². The molecule has 0 fully saturated rings. The monoisotopic (exact) mass is 427 g/mol. The second-order valence-corrected chi connectivity index (χ2v) is 7.52. The number of aromatic nitrogens is 2. The zero-order valence-electron chi connectivity index (χ0n) is 17.7. The van der Waals surface area contributed by atoms with Gasteiger partial charge in [-0.2, -0.15) is 5.10 Å². The molecule has 0 aliphatic carbocycles. The maximum atomic E-state index is 13.3. The van der Waals surface area contributed by atoms with E-state index in [0.717, 1.165) is 22.8 Å². The number of para-hydroxylation sites is 1. The second-order valence-electron chi connectivity index (χ2n) is 7.52. The average molecular weight is 427 g/mol. The number of methoxy groups -OCH3 is 1. The number of benzene rings is 3. The molecule has 0 aliphatic rings. The number of carbonyl (C=O) groups is 1. The lowest BCUT2D eigenvalue weighted by Crippen LogP contribution is -2.27. The number of aryl methyl sites for hydroxylation is 1. The highest BCUT2D eigenvalue weighted by molar-refractivity contribution is 6.13. The minimum atomic E-state index is -0.431. The highest BCUT2D eigenvalue weighted by Gasteiger charge is 2.19. The van der Waals surface area contributed by atoms with Crippen LogP contribution in [0.3, 0.4) is 0 Å². The zero-order chi connectivity index (χ0) is 22.2. The average Bonchev–Trinajstić information content (AvgIpc) is 3.17. The zero-order valence-corrected chi connectivity index (χ0v) is 17.7. The molecule has 0 atom stereocenters. The standard InChI is InChI=1S/C25H21N3O4/c1-3-12-28-25(30)17-10-5-4-9-16(17)23(27-28)24(29)26-19-14-21-18(13-22(19)31-2)15-8-6-7-11-20(15)32-21/h4-11,13-14H,3,12H2,1-2H3,(H,26,29). The van der Waals surface area contributed by atoms with Crippen LogP contribution in [0.2, 0.25) is 0 Å². The highest BCUT2D eigenvalue weighted by atomic mass is 16.5. The van der Waals surface area contributed by atoms with Crippen molar-refractivity contribution >= 4 is 44.3 Å². The Morgan fingerprint density at radius 2 is 1.72 bits per heavy atom. The van der Waals surface area contributed by atoms with Crippen LogP contribution in [0.1, 0.15) is 23.8 Å². The summed E-state index contributed by atoms with van der Waals surface area (Å²) in [5, 5.41) is 10.1. The Morgan fingerprint density at radius 1 is 1.00 bits per heavy atom. The fourth-order valence-corrected chi connectivity index (χ4v) is 3.97. The van der Waals surface area contributed by atoms with Gasteiger partial charge in [0, 0.05) is 28.8 Å². The highest BCUT2D eigenvalue weighted by Crippen LogP contribution is 2.36. The fourth-order valence-electron chi connectivity index (χ4n) is 3.97. The molecule has 0 unspecified atom stereocenters. The molecular weight excluding hydrogens is 406 g/mol. The molecular formula is C25H21N3O4. The van der Waals surface area contributed by atoms with Crippen molar-refractivity contribution in [3.05, 3.63) is 76.7 Å². The van der Waals surface area contributed by atoms with E-state index in [1.807, 2.05) is 37.3 Å². The molecule has 7 nitrogen and oxygen atoms in total. The van der Waals surface area contributed by atoms with Gasteiger partial charge in [-0.1, -0.05) is 43.3 Å². The minimum Gasteiger partial charge on any atom is -0.495 e. The molecule has 5 rings (SSSR count). The SMILES string of the molecule is CCCn1nc(C(=O)Nc2cc3oc4ccccc4c3cc2OC)c2ccccc2c1=O. The van der Waals surface area contributed by atoms with Crippen molar-refractivity contribution in [3.63, 3.8) is 0 Å². The van der Waals surface area contributed by atoms with Crippen LogP contribution in [0.25, 0.3) is 32.7 Å². The maximum absolute atomic E-state index is 13.3. The first-order valence-corrected chi connectivity index (χ1v) is 10.4. The van der Waals surface area contributed by atoms with Gasteiger partial charge in [0.1, 0.15) is 16.9 Å². The minimum absolute atomic E-state index is 0.181. The Bertz CT molecular complexity index is 1550. The van der Waals surface area contributed by atoms with Crippen molar-refractivity contribution in [1.29, 1.82) is 0 Å². The molecule has 0 saturated carbocycles. The number of anilines is 1. The molecule has 32 heavy (non-hydrogen) atoms. The Kier molecular flexibility index (Phi) is 4.86. The first kappa shape index (κ1) is 19.8. The van der Waals surface area contributed by atoms with Crippen molar-refractivity contribution in [2.45, 2.75) is 19.9 Å². The third-order valence-corrected chi connectivity index (χ3v) is 5.47. The number of fused-ring (bicyclic) bond motifs is 4. The summed E-state index contributed by atoms with van der Waals surface area (Å²) in [6.45, 7) is 2.38. The van der Waals surface area contributed by atoms with Gasteiger partial charge in [-0.15, -0.1) is 0 Å². The molecule has 7 heteroatoms. The number of hydrogen-bond donors (Lipinski definition) is 1. The van der Waals surface area contributed by atoms with E-state index in [1.165, 1.54) is 4.68 Å². The molecule has 2 heterocycles. The topological polar surface area (TPSA) is 86.4 Å². The number of rotatable bonds is 5. The van der Waals surface area contributed by atoms with E-state index in [2.05, 4.69) is 10.4 Å². The lowest BCUT2D eigenvalue weighted by atomic mass is 10.1. The molecule has 5 aromatic rings. The summed E-state index contributed by atoms with van der Waals surface area (Å²) in [7, 11) is 1.55. The molecule has 0 saturated heterocycles. The summed E-state index contributed by atoms with van der Waals surface area (Å²) in [5.41, 5.74) is 1.83. The van der Waals surface area contributed by atoms with Gasteiger partial charge in [0.05, 0.1) is 18.2 Å². The maximum Gasteiger partial charge on any atom is 0.276 e. The summed E-state index contributed by atoms with van der Waals surface area (Å²) in [4.78, 5) is 26.0. The Labute approximate surface area is 183 Å². The molecule has 160 valence electrons. The Hall–Kier alpha value is -4.13. The smallest absolute Gasteiger partial charge is 0.276 e. The molecule has 1 N–H and O–H groups in total. The summed E-state index contributed by atoms with van der Waals surface area (Å²) in [5.74, 6) is 0.0726. The van der Waals surface area contributed by atoms with Crippen molar-refractivity contribution < 1.29 is 13.9 Å². The summed E-state index contributed by atoms with van der Waals surface area (Å²) >= 11 is 0. The van der Waals surface area contributed by atoms with E-state index >= 15 is 0 Å². The molecule has 0 spiro atoms. The largest absolute Gasteiger partial charge is 0.495 e. The summed E-state index contributed by atoms with van der Waals surface area (Å²) in [6, 6.07) is 18.3. The van der Waals surface area contributed by atoms with Crippen LogP contribution < -0.4 is 15.6 Å². The van der Waals surface area contributed by atoms with Crippen LogP contribution >= 0.6 is 0 Å². The first-order valence-electron chi connectivity index (χ1n) is 10.4. The van der Waals surface area contributed by atoms with Crippen LogP contribution in [-0.2, 0) is 6.54 Å². The van der Waals surface area contributed by atoms with Crippen LogP contribution in [0.15, 0.2) is 69.9 Å². The van der Waals surface area contributed by atoms with E-state index in [4.69, 9.17) is 9.15 Å². The molecule has 2 aromatic heterocycles. The van der Waals surface area contributed by atoms with Crippen molar-refractivity contribution in [3.8, 4) is 5.75 Å². The predicted molar refractivity (Wildman–Crippen MR) is 125 cm³/mol. The van der Waals surface area contributed by atoms with Crippen LogP contribution in [0, 0.1) is 0 Å². The van der Waals surface area contributed by atoms with Crippen LogP contribution in [-0.4, -0.2) is 22.8 Å². The fraction of sp³-hybridized carbons (Fsp3) is 0.160. The van der Waals surface area contributed by atoms with Crippen molar-refractivity contribution in [2.24, 2.45) is 0 Å². The number of nitrogens with one attached hydrogen (secondary N) is 1. The number of furan rings is 1. The number of ether oxygens (including phenoxy) is 1. The Balaban J connectivity index is 1.62. The second kappa shape index (κ2) is 7.85. The normalized spacial score (nSPS) is 11.3. The third-order valence-electron chi connectivity index (χ3n) is 5.47. The van der Waals surface area contributed by atoms with Gasteiger partial charge in [-0.3, -0.25) is 9.59 Å².